The Morgan fingerprint density at radius 3 is 1.80 bits per heavy atom. The van der Waals surface area contributed by atoms with Crippen LogP contribution in [0.5, 0.6) is 0 Å². The van der Waals surface area contributed by atoms with Gasteiger partial charge < -0.3 is 10.2 Å². The van der Waals surface area contributed by atoms with Crippen LogP contribution >= 0.6 is 0 Å². The van der Waals surface area contributed by atoms with Gasteiger partial charge in [-0.05, 0) is 32.1 Å². The number of hydrogen-bond acceptors (Lipinski definition) is 2. The van der Waals surface area contributed by atoms with Crippen LogP contribution in [0.3, 0.4) is 0 Å². The van der Waals surface area contributed by atoms with Crippen molar-refractivity contribution < 1.29 is 19.8 Å². The Balaban J connectivity index is 3.58. The first-order valence-corrected chi connectivity index (χ1v) is 9.80. The second-order valence-electron chi connectivity index (χ2n) is 6.74. The standard InChI is InChI=1S/C21H36O4/c1-3-4-5-6-7-8-9-10-11-12-13-14-15-16-17-19(21(24)25)18(2)20(22)23/h13-14,19H,2-12,15-17H2,1H3,(H,22,23)(H,24,25)/b14-13-/t19-/m1/s1. The normalized spacial score (nSPS) is 12.4. The average Bonchev–Trinajstić information content (AvgIpc) is 2.57. The monoisotopic (exact) mass is 352 g/mol. The largest absolute Gasteiger partial charge is 0.481 e. The predicted octanol–water partition coefficient (Wildman–Crippen LogP) is 5.98. The maximum Gasteiger partial charge on any atom is 0.331 e. The van der Waals surface area contributed by atoms with Crippen LogP contribution in [-0.2, 0) is 9.59 Å². The van der Waals surface area contributed by atoms with Crippen LogP contribution in [-0.4, -0.2) is 22.2 Å². The predicted molar refractivity (Wildman–Crippen MR) is 103 cm³/mol. The highest BCUT2D eigenvalue weighted by atomic mass is 16.4. The molecule has 0 fully saturated rings. The van der Waals surface area contributed by atoms with Crippen molar-refractivity contribution in [3.05, 3.63) is 24.3 Å². The summed E-state index contributed by atoms with van der Waals surface area (Å²) in [5.74, 6) is -3.32. The van der Waals surface area contributed by atoms with Gasteiger partial charge in [-0.25, -0.2) is 4.79 Å². The Kier molecular flexibility index (Phi) is 14.9. The molecule has 0 aliphatic rings. The molecule has 4 nitrogen and oxygen atoms in total. The summed E-state index contributed by atoms with van der Waals surface area (Å²) in [4.78, 5) is 21.9. The second kappa shape index (κ2) is 15.9. The van der Waals surface area contributed by atoms with E-state index in [1.807, 2.05) is 0 Å². The zero-order chi connectivity index (χ0) is 18.9. The highest BCUT2D eigenvalue weighted by Gasteiger charge is 2.24. The van der Waals surface area contributed by atoms with Crippen LogP contribution in [0.15, 0.2) is 24.3 Å². The van der Waals surface area contributed by atoms with Crippen molar-refractivity contribution in [2.24, 2.45) is 5.92 Å². The summed E-state index contributed by atoms with van der Waals surface area (Å²) in [6, 6.07) is 0. The number of carbonyl (C=O) groups is 2. The minimum Gasteiger partial charge on any atom is -0.481 e. The Morgan fingerprint density at radius 1 is 0.840 bits per heavy atom. The molecule has 1 atom stereocenters. The lowest BCUT2D eigenvalue weighted by Crippen LogP contribution is -2.20. The molecule has 0 aliphatic carbocycles. The van der Waals surface area contributed by atoms with Crippen LogP contribution in [0.1, 0.15) is 90.4 Å². The van der Waals surface area contributed by atoms with E-state index in [9.17, 15) is 9.59 Å². The molecule has 0 unspecified atom stereocenters. The Hall–Kier alpha value is -1.58. The van der Waals surface area contributed by atoms with Crippen molar-refractivity contribution in [1.29, 1.82) is 0 Å². The van der Waals surface area contributed by atoms with Crippen molar-refractivity contribution >= 4 is 11.9 Å². The van der Waals surface area contributed by atoms with Crippen molar-refractivity contribution in [1.82, 2.24) is 0 Å². The molecule has 0 aromatic heterocycles. The minimum absolute atomic E-state index is 0.230. The number of carboxylic acid groups (broad SMARTS) is 2. The highest BCUT2D eigenvalue weighted by Crippen LogP contribution is 2.18. The van der Waals surface area contributed by atoms with Gasteiger partial charge in [-0.15, -0.1) is 0 Å². The van der Waals surface area contributed by atoms with E-state index >= 15 is 0 Å². The van der Waals surface area contributed by atoms with Crippen molar-refractivity contribution in [2.75, 3.05) is 0 Å². The maximum absolute atomic E-state index is 11.1. The Morgan fingerprint density at radius 2 is 1.32 bits per heavy atom. The zero-order valence-electron chi connectivity index (χ0n) is 15.8. The van der Waals surface area contributed by atoms with Gasteiger partial charge in [0.25, 0.3) is 0 Å². The summed E-state index contributed by atoms with van der Waals surface area (Å²) in [6.45, 7) is 5.60. The van der Waals surface area contributed by atoms with Gasteiger partial charge in [-0.3, -0.25) is 4.79 Å². The van der Waals surface area contributed by atoms with E-state index < -0.39 is 17.9 Å². The number of rotatable bonds is 17. The van der Waals surface area contributed by atoms with E-state index in [0.717, 1.165) is 12.8 Å². The molecule has 144 valence electrons. The molecule has 0 heterocycles. The zero-order valence-corrected chi connectivity index (χ0v) is 15.8. The van der Waals surface area contributed by atoms with Gasteiger partial charge in [0.2, 0.25) is 0 Å². The van der Waals surface area contributed by atoms with Crippen LogP contribution in [0, 0.1) is 5.92 Å². The third-order valence-electron chi connectivity index (χ3n) is 4.50. The van der Waals surface area contributed by atoms with Crippen LogP contribution in [0.25, 0.3) is 0 Å². The molecule has 0 bridgehead atoms. The summed E-state index contributed by atoms with van der Waals surface area (Å²) in [6.07, 6.45) is 19.0. The summed E-state index contributed by atoms with van der Waals surface area (Å²) in [5.41, 5.74) is -0.230. The lowest BCUT2D eigenvalue weighted by molar-refractivity contribution is -0.144. The maximum atomic E-state index is 11.1. The molecule has 25 heavy (non-hydrogen) atoms. The molecule has 0 aliphatic heterocycles. The topological polar surface area (TPSA) is 74.6 Å². The molecule has 0 radical (unpaired) electrons. The Labute approximate surface area is 153 Å². The first-order chi connectivity index (χ1) is 12.0. The van der Waals surface area contributed by atoms with Gasteiger partial charge in [-0.2, -0.15) is 0 Å². The van der Waals surface area contributed by atoms with Crippen molar-refractivity contribution in [3.8, 4) is 0 Å². The van der Waals surface area contributed by atoms with E-state index in [4.69, 9.17) is 10.2 Å². The Bertz CT molecular complexity index is 412. The molecular weight excluding hydrogens is 316 g/mol. The highest BCUT2D eigenvalue weighted by molar-refractivity contribution is 5.93. The number of allylic oxidation sites excluding steroid dienone is 2. The summed E-state index contributed by atoms with van der Waals surface area (Å²) < 4.78 is 0. The van der Waals surface area contributed by atoms with E-state index in [-0.39, 0.29) is 5.57 Å². The molecule has 0 spiro atoms. The lowest BCUT2D eigenvalue weighted by atomic mass is 9.94. The smallest absolute Gasteiger partial charge is 0.331 e. The number of carboxylic acids is 2. The fourth-order valence-electron chi connectivity index (χ4n) is 2.84. The number of hydrogen-bond donors (Lipinski definition) is 2. The fourth-order valence-corrected chi connectivity index (χ4v) is 2.84. The SMILES string of the molecule is C=C(C(=O)O)[C@@H](CCC/C=C\CCCCCCCCCCC)C(=O)O. The first kappa shape index (κ1) is 23.4. The van der Waals surface area contributed by atoms with Crippen LogP contribution < -0.4 is 0 Å². The average molecular weight is 353 g/mol. The quantitative estimate of drug-likeness (QED) is 0.192. The van der Waals surface area contributed by atoms with Gasteiger partial charge >= 0.3 is 11.9 Å². The first-order valence-electron chi connectivity index (χ1n) is 9.80. The third-order valence-corrected chi connectivity index (χ3v) is 4.50. The lowest BCUT2D eigenvalue weighted by Gasteiger charge is -2.10. The van der Waals surface area contributed by atoms with E-state index in [2.05, 4.69) is 25.7 Å². The molecule has 0 rings (SSSR count). The van der Waals surface area contributed by atoms with E-state index in [1.165, 1.54) is 57.8 Å². The molecule has 0 saturated carbocycles. The second-order valence-corrected chi connectivity index (χ2v) is 6.74. The molecule has 0 saturated heterocycles. The molecule has 0 amide bonds. The fraction of sp³-hybridized carbons (Fsp3) is 0.714. The molecular formula is C21H36O4. The minimum atomic E-state index is -1.23. The van der Waals surface area contributed by atoms with Crippen molar-refractivity contribution in [3.63, 3.8) is 0 Å². The number of unbranched alkanes of at least 4 members (excludes halogenated alkanes) is 10. The van der Waals surface area contributed by atoms with Gasteiger partial charge in [0, 0.05) is 5.57 Å². The van der Waals surface area contributed by atoms with Crippen LogP contribution in [0.4, 0.5) is 0 Å². The van der Waals surface area contributed by atoms with Gasteiger partial charge in [0.1, 0.15) is 0 Å². The molecule has 4 heteroatoms. The van der Waals surface area contributed by atoms with Crippen LogP contribution in [0.2, 0.25) is 0 Å². The van der Waals surface area contributed by atoms with E-state index in [0.29, 0.717) is 12.8 Å². The molecule has 2 N–H and O–H groups in total. The van der Waals surface area contributed by atoms with Crippen molar-refractivity contribution in [2.45, 2.75) is 90.4 Å². The van der Waals surface area contributed by atoms with E-state index in [1.54, 1.807) is 0 Å². The number of aliphatic carboxylic acids is 2. The van der Waals surface area contributed by atoms with Gasteiger partial charge in [-0.1, -0.05) is 77.0 Å². The summed E-state index contributed by atoms with van der Waals surface area (Å²) in [5, 5.41) is 17.9. The third kappa shape index (κ3) is 13.4. The summed E-state index contributed by atoms with van der Waals surface area (Å²) >= 11 is 0. The summed E-state index contributed by atoms with van der Waals surface area (Å²) in [7, 11) is 0. The van der Waals surface area contributed by atoms with Gasteiger partial charge in [0.05, 0.1) is 5.92 Å². The molecule has 0 aromatic carbocycles. The van der Waals surface area contributed by atoms with Gasteiger partial charge in [0.15, 0.2) is 0 Å². The molecule has 0 aromatic rings.